The summed E-state index contributed by atoms with van der Waals surface area (Å²) in [5.41, 5.74) is 2.05. The quantitative estimate of drug-likeness (QED) is 0.492. The van der Waals surface area contributed by atoms with Gasteiger partial charge in [0.05, 0.1) is 42.4 Å². The van der Waals surface area contributed by atoms with E-state index in [1.165, 1.54) is 28.8 Å². The minimum absolute atomic E-state index is 0.0358. The number of sulfonamides is 1. The maximum absolute atomic E-state index is 13.8. The van der Waals surface area contributed by atoms with Crippen molar-refractivity contribution in [2.75, 3.05) is 33.9 Å². The fourth-order valence-electron chi connectivity index (χ4n) is 4.06. The maximum atomic E-state index is 13.8. The van der Waals surface area contributed by atoms with Crippen molar-refractivity contribution in [2.24, 2.45) is 5.92 Å². The van der Waals surface area contributed by atoms with Crippen LogP contribution in [0, 0.1) is 10.7 Å². The van der Waals surface area contributed by atoms with Gasteiger partial charge in [-0.2, -0.15) is 0 Å². The summed E-state index contributed by atoms with van der Waals surface area (Å²) in [7, 11) is -10.3. The van der Waals surface area contributed by atoms with Crippen molar-refractivity contribution in [1.82, 2.24) is 0 Å². The Kier molecular flexibility index (Phi) is 8.23. The Morgan fingerprint density at radius 1 is 1.06 bits per heavy atom. The van der Waals surface area contributed by atoms with Gasteiger partial charge in [0.1, 0.15) is 9.84 Å². The highest BCUT2D eigenvalue weighted by Gasteiger charge is 2.29. The predicted octanol–water partition coefficient (Wildman–Crippen LogP) is 4.12. The number of hydrogen-bond acceptors (Lipinski definition) is 7. The van der Waals surface area contributed by atoms with Gasteiger partial charge in [-0.3, -0.25) is 4.31 Å². The van der Waals surface area contributed by atoms with Gasteiger partial charge in [-0.05, 0) is 61.1 Å². The highest BCUT2D eigenvalue weighted by atomic mass is 32.2. The van der Waals surface area contributed by atoms with Crippen molar-refractivity contribution in [3.05, 3.63) is 48.0 Å². The summed E-state index contributed by atoms with van der Waals surface area (Å²) in [5, 5.41) is 3.21. The third-order valence-electron chi connectivity index (χ3n) is 6.04. The molecule has 0 amide bonds. The second-order valence-corrected chi connectivity index (χ2v) is 15.8. The van der Waals surface area contributed by atoms with E-state index in [4.69, 9.17) is 4.78 Å². The summed E-state index contributed by atoms with van der Waals surface area (Å²) in [4.78, 5) is 0.0594. The molecule has 0 aliphatic carbocycles. The molecule has 0 radical (unpaired) electrons. The standard InChI is InChI=1S/C24H35N3O5S3/c1-5-19-6-8-21(9-7-19)27(17-18(2)3)35(31,32)22-10-11-23(24(16-22)33(4,25)28)26-20-12-14-34(29,30)15-13-20/h6-11,16,18,20,25-26H,5,12-15,17H2,1-4H3. The van der Waals surface area contributed by atoms with Crippen LogP contribution in [0.3, 0.4) is 0 Å². The summed E-state index contributed by atoms with van der Waals surface area (Å²) in [5.74, 6) is 0.191. The molecule has 2 aromatic rings. The number of aryl methyl sites for hydroxylation is 1. The lowest BCUT2D eigenvalue weighted by molar-refractivity contribution is 0.559. The normalized spacial score (nSPS) is 18.2. The number of anilines is 2. The van der Waals surface area contributed by atoms with Gasteiger partial charge in [0.2, 0.25) is 0 Å². The van der Waals surface area contributed by atoms with E-state index in [1.807, 2.05) is 32.9 Å². The molecule has 2 N–H and O–H groups in total. The van der Waals surface area contributed by atoms with Crippen LogP contribution in [-0.2, 0) is 36.0 Å². The number of hydrogen-bond donors (Lipinski definition) is 2. The Morgan fingerprint density at radius 2 is 1.66 bits per heavy atom. The molecule has 1 unspecified atom stereocenters. The van der Waals surface area contributed by atoms with Crippen LogP contribution in [0.5, 0.6) is 0 Å². The molecule has 11 heteroatoms. The van der Waals surface area contributed by atoms with Crippen molar-refractivity contribution in [2.45, 2.75) is 55.9 Å². The van der Waals surface area contributed by atoms with Crippen molar-refractivity contribution < 1.29 is 21.0 Å². The number of sulfone groups is 1. The highest BCUT2D eigenvalue weighted by Crippen LogP contribution is 2.31. The molecule has 2 aromatic carbocycles. The minimum Gasteiger partial charge on any atom is -0.381 e. The van der Waals surface area contributed by atoms with Gasteiger partial charge in [0, 0.05) is 18.8 Å². The Morgan fingerprint density at radius 3 is 2.17 bits per heavy atom. The number of nitrogens with zero attached hydrogens (tertiary/aromatic N) is 1. The monoisotopic (exact) mass is 541 g/mol. The van der Waals surface area contributed by atoms with Crippen LogP contribution in [0.25, 0.3) is 0 Å². The molecule has 3 rings (SSSR count). The van der Waals surface area contributed by atoms with E-state index in [9.17, 15) is 21.0 Å². The van der Waals surface area contributed by atoms with E-state index in [1.54, 1.807) is 12.1 Å². The molecule has 1 fully saturated rings. The lowest BCUT2D eigenvalue weighted by Crippen LogP contribution is -2.34. The molecule has 8 nitrogen and oxygen atoms in total. The zero-order valence-electron chi connectivity index (χ0n) is 20.7. The molecule has 1 atom stereocenters. The fourth-order valence-corrected chi connectivity index (χ4v) is 8.18. The Hall–Kier alpha value is -2.11. The lowest BCUT2D eigenvalue weighted by atomic mass is 10.1. The Balaban J connectivity index is 2.01. The molecule has 1 heterocycles. The first-order valence-electron chi connectivity index (χ1n) is 11.7. The Labute approximate surface area is 210 Å². The van der Waals surface area contributed by atoms with Gasteiger partial charge < -0.3 is 5.32 Å². The smallest absolute Gasteiger partial charge is 0.264 e. The molecule has 0 aromatic heterocycles. The van der Waals surface area contributed by atoms with Gasteiger partial charge in [-0.15, -0.1) is 0 Å². The van der Waals surface area contributed by atoms with Gasteiger partial charge in [0.15, 0.2) is 0 Å². The number of benzene rings is 2. The largest absolute Gasteiger partial charge is 0.381 e. The van der Waals surface area contributed by atoms with Crippen LogP contribution in [-0.4, -0.2) is 51.4 Å². The predicted molar refractivity (Wildman–Crippen MR) is 142 cm³/mol. The zero-order chi connectivity index (χ0) is 26.0. The summed E-state index contributed by atoms with van der Waals surface area (Å²) in [6.45, 7) is 6.18. The number of nitrogens with one attached hydrogen (secondary N) is 2. The Bertz CT molecular complexity index is 1350. The van der Waals surface area contributed by atoms with E-state index in [-0.39, 0.29) is 39.8 Å². The van der Waals surface area contributed by atoms with Gasteiger partial charge in [-0.1, -0.05) is 32.9 Å². The van der Waals surface area contributed by atoms with Crippen LogP contribution in [0.1, 0.15) is 39.2 Å². The topological polar surface area (TPSA) is 124 Å². The summed E-state index contributed by atoms with van der Waals surface area (Å²) >= 11 is 0. The number of rotatable bonds is 9. The fraction of sp³-hybridized carbons (Fsp3) is 0.500. The maximum Gasteiger partial charge on any atom is 0.264 e. The molecule has 35 heavy (non-hydrogen) atoms. The van der Waals surface area contributed by atoms with Crippen LogP contribution in [0.2, 0.25) is 0 Å². The highest BCUT2D eigenvalue weighted by molar-refractivity contribution is 7.93. The van der Waals surface area contributed by atoms with Gasteiger partial charge in [0.25, 0.3) is 10.0 Å². The molecular formula is C24H35N3O5S3. The van der Waals surface area contributed by atoms with E-state index in [0.717, 1.165) is 12.0 Å². The molecule has 0 bridgehead atoms. The first-order chi connectivity index (χ1) is 16.2. The molecule has 194 valence electrons. The van der Waals surface area contributed by atoms with E-state index < -0.39 is 29.6 Å². The van der Waals surface area contributed by atoms with E-state index >= 15 is 0 Å². The average Bonchev–Trinajstić information content (AvgIpc) is 2.78. The first kappa shape index (κ1) is 27.5. The summed E-state index contributed by atoms with van der Waals surface area (Å²) in [6, 6.07) is 11.6. The van der Waals surface area contributed by atoms with Crippen LogP contribution in [0.15, 0.2) is 52.3 Å². The third-order valence-corrected chi connectivity index (χ3v) is 10.7. The van der Waals surface area contributed by atoms with Crippen molar-refractivity contribution in [3.8, 4) is 0 Å². The van der Waals surface area contributed by atoms with E-state index in [2.05, 4.69) is 5.32 Å². The SMILES string of the molecule is CCc1ccc(N(CC(C)C)S(=O)(=O)c2ccc(NC3CCS(=O)(=O)CC3)c(S(C)(=N)=O)c2)cc1. The minimum atomic E-state index is -4.00. The van der Waals surface area contributed by atoms with E-state index in [0.29, 0.717) is 24.2 Å². The summed E-state index contributed by atoms with van der Waals surface area (Å²) < 4.78 is 73.4. The van der Waals surface area contributed by atoms with Gasteiger partial charge in [-0.25, -0.2) is 25.8 Å². The lowest BCUT2D eigenvalue weighted by Gasteiger charge is -2.28. The molecule has 1 aliphatic rings. The summed E-state index contributed by atoms with van der Waals surface area (Å²) in [6.07, 6.45) is 2.90. The van der Waals surface area contributed by atoms with Crippen molar-refractivity contribution in [3.63, 3.8) is 0 Å². The third kappa shape index (κ3) is 6.77. The molecular weight excluding hydrogens is 506 g/mol. The average molecular weight is 542 g/mol. The molecule has 1 saturated heterocycles. The van der Waals surface area contributed by atoms with Gasteiger partial charge >= 0.3 is 0 Å². The second kappa shape index (κ2) is 10.5. The first-order valence-corrected chi connectivity index (χ1v) is 16.9. The van der Waals surface area contributed by atoms with Crippen LogP contribution in [0.4, 0.5) is 11.4 Å². The molecule has 1 aliphatic heterocycles. The van der Waals surface area contributed by atoms with Crippen LogP contribution >= 0.6 is 0 Å². The zero-order valence-corrected chi connectivity index (χ0v) is 23.1. The molecule has 0 spiro atoms. The van der Waals surface area contributed by atoms with Crippen molar-refractivity contribution >= 4 is 41.0 Å². The van der Waals surface area contributed by atoms with Crippen LogP contribution < -0.4 is 9.62 Å². The van der Waals surface area contributed by atoms with Crippen molar-refractivity contribution in [1.29, 1.82) is 4.78 Å². The second-order valence-electron chi connectivity index (χ2n) is 9.52. The molecule has 0 saturated carbocycles.